The van der Waals surface area contributed by atoms with Crippen molar-refractivity contribution in [1.82, 2.24) is 10.6 Å². The minimum absolute atomic E-state index is 0.0644. The molecule has 338 valence electrons. The molecule has 0 saturated carbocycles. The van der Waals surface area contributed by atoms with E-state index in [0.717, 1.165) is 25.7 Å². The molecule has 2 amide bonds. The van der Waals surface area contributed by atoms with Crippen molar-refractivity contribution >= 4 is 31.9 Å². The van der Waals surface area contributed by atoms with Gasteiger partial charge in [0.05, 0.1) is 46.2 Å². The number of ketones is 1. The van der Waals surface area contributed by atoms with Crippen LogP contribution in [0.15, 0.2) is 42.5 Å². The van der Waals surface area contributed by atoms with E-state index in [-0.39, 0.29) is 68.5 Å². The number of ether oxygens (including phenoxy) is 5. The predicted molar refractivity (Wildman–Crippen MR) is 238 cm³/mol. The fourth-order valence-corrected chi connectivity index (χ4v) is 6.56. The lowest BCUT2D eigenvalue weighted by Gasteiger charge is -2.36. The average Bonchev–Trinajstić information content (AvgIpc) is 3.18. The van der Waals surface area contributed by atoms with Crippen LogP contribution >= 0.6 is 0 Å². The maximum Gasteiger partial charge on any atom is 0.323 e. The van der Waals surface area contributed by atoms with E-state index in [1.807, 2.05) is 0 Å². The van der Waals surface area contributed by atoms with Crippen LogP contribution in [-0.4, -0.2) is 109 Å². The molecule has 1 unspecified atom stereocenters. The van der Waals surface area contributed by atoms with Gasteiger partial charge in [-0.15, -0.1) is 0 Å². The third kappa shape index (κ3) is 22.4. The van der Waals surface area contributed by atoms with E-state index >= 15 is 0 Å². The molecule has 2 rings (SSSR count). The number of carbonyl (C=O) groups is 4. The summed E-state index contributed by atoms with van der Waals surface area (Å²) in [5.74, 6) is -0.962. The van der Waals surface area contributed by atoms with E-state index in [9.17, 15) is 19.2 Å². The number of rotatable bonds is 30. The van der Waals surface area contributed by atoms with E-state index in [1.165, 1.54) is 27.8 Å². The van der Waals surface area contributed by atoms with Crippen molar-refractivity contribution in [3.63, 3.8) is 0 Å². The van der Waals surface area contributed by atoms with Crippen LogP contribution in [0, 0.1) is 0 Å². The summed E-state index contributed by atoms with van der Waals surface area (Å²) in [6.07, 6.45) is 4.40. The molecule has 1 atom stereocenters. The number of Topliss-reactive ketones (excluding diaryl/α,β-unsaturated/α-hetero) is 1. The van der Waals surface area contributed by atoms with Crippen LogP contribution in [0.3, 0.4) is 0 Å². The van der Waals surface area contributed by atoms with E-state index in [4.69, 9.17) is 33.8 Å². The first kappa shape index (κ1) is 52.6. The SMILES string of the molecule is CCc1ccc(-c2ccc(CO[Si](C)(C)C(C)(C)C)cc2)cc1CCCCC(=O)COCCOCCNC(=O)COCCOCCNC(=O)CCC(N)C(=O)OC(C)(C)C. The maximum atomic E-state index is 12.4. The molecular weight excluding hydrogens is 783 g/mol. The summed E-state index contributed by atoms with van der Waals surface area (Å²) in [6, 6.07) is 14.6. The Kier molecular flexibility index (Phi) is 24.1. The molecule has 0 heterocycles. The second-order valence-corrected chi connectivity index (χ2v) is 22.3. The Hall–Kier alpha value is -3.50. The monoisotopic (exact) mass is 858 g/mol. The highest BCUT2D eigenvalue weighted by Gasteiger charge is 2.37. The summed E-state index contributed by atoms with van der Waals surface area (Å²) < 4.78 is 33.3. The van der Waals surface area contributed by atoms with Crippen LogP contribution in [0.25, 0.3) is 11.1 Å². The fraction of sp³-hybridized carbons (Fsp3) is 0.652. The van der Waals surface area contributed by atoms with Gasteiger partial charge in [-0.1, -0.05) is 70.2 Å². The largest absolute Gasteiger partial charge is 0.459 e. The van der Waals surface area contributed by atoms with Crippen molar-refractivity contribution in [1.29, 1.82) is 0 Å². The Balaban J connectivity index is 1.48. The van der Waals surface area contributed by atoms with Crippen LogP contribution in [0.4, 0.5) is 0 Å². The number of nitrogens with one attached hydrogen (secondary N) is 2. The molecule has 0 aliphatic rings. The fourth-order valence-electron chi connectivity index (χ4n) is 5.60. The predicted octanol–water partition coefficient (Wildman–Crippen LogP) is 6.47. The standard InChI is InChI=1S/C46H75N3O10Si/c1-10-36-19-20-39(37-17-15-35(16-18-37)32-58-60(8,9)46(5,6)7)31-38(36)13-11-12-14-40(50)33-56-29-27-55-26-24-49-43(52)34-57-30-28-54-25-23-48-42(51)22-21-41(47)44(53)59-45(2,3)4/h15-20,31,41H,10-14,21-30,32-34,47H2,1-9H3,(H,48,51)(H,49,52). The van der Waals surface area contributed by atoms with Crippen LogP contribution in [0.2, 0.25) is 18.1 Å². The van der Waals surface area contributed by atoms with Gasteiger partial charge in [-0.25, -0.2) is 0 Å². The molecule has 60 heavy (non-hydrogen) atoms. The van der Waals surface area contributed by atoms with Gasteiger partial charge in [0.15, 0.2) is 14.1 Å². The molecule has 0 fully saturated rings. The van der Waals surface area contributed by atoms with Gasteiger partial charge in [0, 0.05) is 25.9 Å². The van der Waals surface area contributed by atoms with Crippen molar-refractivity contribution < 1.29 is 47.3 Å². The van der Waals surface area contributed by atoms with Gasteiger partial charge in [0.25, 0.3) is 0 Å². The Bertz CT molecular complexity index is 1590. The second-order valence-electron chi connectivity index (χ2n) is 17.5. The molecule has 0 aliphatic carbocycles. The Morgan fingerprint density at radius 3 is 1.88 bits per heavy atom. The molecule has 2 aromatic carbocycles. The molecule has 0 bridgehead atoms. The van der Waals surface area contributed by atoms with Crippen molar-refractivity contribution in [2.45, 2.75) is 130 Å². The lowest BCUT2D eigenvalue weighted by molar-refractivity contribution is -0.156. The molecule has 13 nitrogen and oxygen atoms in total. The van der Waals surface area contributed by atoms with Crippen LogP contribution in [0.5, 0.6) is 0 Å². The molecule has 0 aromatic heterocycles. The van der Waals surface area contributed by atoms with Gasteiger partial charge in [-0.2, -0.15) is 0 Å². The number of carbonyl (C=O) groups excluding carboxylic acids is 4. The Morgan fingerprint density at radius 1 is 0.700 bits per heavy atom. The summed E-state index contributed by atoms with van der Waals surface area (Å²) in [7, 11) is -1.80. The number of unbranched alkanes of at least 4 members (excludes halogenated alkanes) is 1. The van der Waals surface area contributed by atoms with Crippen molar-refractivity contribution in [3.8, 4) is 11.1 Å². The summed E-state index contributed by atoms with van der Waals surface area (Å²) >= 11 is 0. The van der Waals surface area contributed by atoms with Crippen LogP contribution in [-0.2, 0) is 66.7 Å². The zero-order chi connectivity index (χ0) is 44.6. The quantitative estimate of drug-likeness (QED) is 0.0447. The molecular formula is C46H75N3O10Si. The van der Waals surface area contributed by atoms with E-state index in [1.54, 1.807) is 20.8 Å². The molecule has 2 aromatic rings. The first-order valence-electron chi connectivity index (χ1n) is 21.5. The van der Waals surface area contributed by atoms with Gasteiger partial charge in [-0.05, 0) is 98.8 Å². The first-order valence-corrected chi connectivity index (χ1v) is 24.4. The van der Waals surface area contributed by atoms with Crippen LogP contribution in [0.1, 0.15) is 97.3 Å². The summed E-state index contributed by atoms with van der Waals surface area (Å²) in [4.78, 5) is 48.2. The molecule has 0 radical (unpaired) electrons. The molecule has 4 N–H and O–H groups in total. The first-order chi connectivity index (χ1) is 28.3. The molecule has 0 saturated heterocycles. The van der Waals surface area contributed by atoms with Crippen molar-refractivity contribution in [3.05, 3.63) is 59.2 Å². The lowest BCUT2D eigenvalue weighted by Crippen LogP contribution is -2.40. The van der Waals surface area contributed by atoms with Gasteiger partial charge >= 0.3 is 5.97 Å². The van der Waals surface area contributed by atoms with E-state index < -0.39 is 25.9 Å². The zero-order valence-electron chi connectivity index (χ0n) is 38.0. The minimum Gasteiger partial charge on any atom is -0.459 e. The highest BCUT2D eigenvalue weighted by molar-refractivity contribution is 6.74. The topological polar surface area (TPSA) is 174 Å². The van der Waals surface area contributed by atoms with Crippen molar-refractivity contribution in [2.24, 2.45) is 5.73 Å². The minimum atomic E-state index is -1.80. The summed E-state index contributed by atoms with van der Waals surface area (Å²) in [5, 5.41) is 5.60. The highest BCUT2D eigenvalue weighted by Crippen LogP contribution is 2.37. The number of hydrogen-bond acceptors (Lipinski definition) is 11. The van der Waals surface area contributed by atoms with Crippen molar-refractivity contribution in [2.75, 3.05) is 65.9 Å². The normalized spacial score (nSPS) is 12.6. The molecule has 0 spiro atoms. The van der Waals surface area contributed by atoms with Crippen LogP contribution < -0.4 is 16.4 Å². The van der Waals surface area contributed by atoms with Gasteiger partial charge in [0.2, 0.25) is 11.8 Å². The highest BCUT2D eigenvalue weighted by atomic mass is 28.4. The number of nitrogens with two attached hydrogens (primary N) is 1. The third-order valence-corrected chi connectivity index (χ3v) is 14.7. The maximum absolute atomic E-state index is 12.4. The zero-order valence-corrected chi connectivity index (χ0v) is 39.0. The van der Waals surface area contributed by atoms with Gasteiger partial charge in [-0.3, -0.25) is 19.2 Å². The number of hydrogen-bond donors (Lipinski definition) is 3. The van der Waals surface area contributed by atoms with E-state index in [2.05, 4.69) is 93.9 Å². The van der Waals surface area contributed by atoms with E-state index in [0.29, 0.717) is 45.9 Å². The summed E-state index contributed by atoms with van der Waals surface area (Å²) in [5.41, 5.74) is 11.4. The Labute approximate surface area is 360 Å². The molecule has 0 aliphatic heterocycles. The second kappa shape index (κ2) is 27.4. The summed E-state index contributed by atoms with van der Waals surface area (Å²) in [6.45, 7) is 21.7. The number of amides is 2. The third-order valence-electron chi connectivity index (χ3n) is 10.2. The van der Waals surface area contributed by atoms with Gasteiger partial charge < -0.3 is 44.5 Å². The van der Waals surface area contributed by atoms with Gasteiger partial charge in [0.1, 0.15) is 24.9 Å². The average molecular weight is 858 g/mol. The smallest absolute Gasteiger partial charge is 0.323 e. The number of benzene rings is 2. The lowest BCUT2D eigenvalue weighted by atomic mass is 9.94. The number of aryl methyl sites for hydroxylation is 2. The molecule has 14 heteroatoms. The number of esters is 1. The Morgan fingerprint density at radius 2 is 1.28 bits per heavy atom.